The van der Waals surface area contributed by atoms with E-state index in [9.17, 15) is 18.0 Å². The van der Waals surface area contributed by atoms with E-state index in [0.717, 1.165) is 24.8 Å². The standard InChI is InChI=1S/C20H20Cl2N2O5S/c21-16-9-8-14(10-17(16)22)30(27,28)23-11-20(26)29-12-19(25)24-18-7-3-5-13-4-1-2-6-15(13)18/h1-2,4,6,8-10,18,23H,3,5,7,11-12H2,(H,24,25). The number of benzene rings is 2. The predicted octanol–water partition coefficient (Wildman–Crippen LogP) is 3.01. The molecule has 0 spiro atoms. The van der Waals surface area contributed by atoms with Gasteiger partial charge in [0.2, 0.25) is 10.0 Å². The Kier molecular flexibility index (Phi) is 7.36. The van der Waals surface area contributed by atoms with E-state index in [2.05, 4.69) is 10.0 Å². The van der Waals surface area contributed by atoms with Crippen molar-refractivity contribution in [3.63, 3.8) is 0 Å². The Balaban J connectivity index is 1.48. The summed E-state index contributed by atoms with van der Waals surface area (Å²) in [6.45, 7) is -1.12. The molecular weight excluding hydrogens is 451 g/mol. The van der Waals surface area contributed by atoms with Crippen LogP contribution in [-0.4, -0.2) is 33.4 Å². The zero-order valence-corrected chi connectivity index (χ0v) is 18.2. The summed E-state index contributed by atoms with van der Waals surface area (Å²) in [5.74, 6) is -1.32. The minimum absolute atomic E-state index is 0.0723. The molecule has 1 atom stereocenters. The summed E-state index contributed by atoms with van der Waals surface area (Å²) < 4.78 is 31.4. The summed E-state index contributed by atoms with van der Waals surface area (Å²) in [6.07, 6.45) is 2.73. The van der Waals surface area contributed by atoms with E-state index in [1.54, 1.807) is 0 Å². The van der Waals surface area contributed by atoms with Gasteiger partial charge in [-0.25, -0.2) is 8.42 Å². The van der Waals surface area contributed by atoms with Gasteiger partial charge in [0.05, 0.1) is 21.0 Å². The SMILES string of the molecule is O=C(COC(=O)CNS(=O)(=O)c1ccc(Cl)c(Cl)c1)NC1CCCc2ccccc21. The second-order valence-electron chi connectivity index (χ2n) is 6.77. The quantitative estimate of drug-likeness (QED) is 0.605. The second-order valence-corrected chi connectivity index (χ2v) is 9.35. The highest BCUT2D eigenvalue weighted by Crippen LogP contribution is 2.29. The van der Waals surface area contributed by atoms with Crippen LogP contribution >= 0.6 is 23.2 Å². The lowest BCUT2D eigenvalue weighted by Gasteiger charge is -2.26. The van der Waals surface area contributed by atoms with E-state index < -0.39 is 35.1 Å². The largest absolute Gasteiger partial charge is 0.455 e. The van der Waals surface area contributed by atoms with Gasteiger partial charge in [0.25, 0.3) is 5.91 Å². The maximum atomic E-state index is 12.2. The van der Waals surface area contributed by atoms with Crippen LogP contribution in [0.3, 0.4) is 0 Å². The number of rotatable bonds is 7. The minimum atomic E-state index is -3.98. The highest BCUT2D eigenvalue weighted by molar-refractivity contribution is 7.89. The number of esters is 1. The highest BCUT2D eigenvalue weighted by Gasteiger charge is 2.22. The average molecular weight is 471 g/mol. The molecule has 3 rings (SSSR count). The maximum absolute atomic E-state index is 12.2. The predicted molar refractivity (Wildman–Crippen MR) is 113 cm³/mol. The van der Waals surface area contributed by atoms with Crippen molar-refractivity contribution in [1.82, 2.24) is 10.0 Å². The first kappa shape index (κ1) is 22.6. The zero-order chi connectivity index (χ0) is 21.7. The topological polar surface area (TPSA) is 102 Å². The van der Waals surface area contributed by atoms with Gasteiger partial charge in [-0.1, -0.05) is 47.5 Å². The number of carbonyl (C=O) groups is 2. The number of amides is 1. The fourth-order valence-corrected chi connectivity index (χ4v) is 4.58. The van der Waals surface area contributed by atoms with Crippen molar-refractivity contribution in [2.24, 2.45) is 0 Å². The number of sulfonamides is 1. The summed E-state index contributed by atoms with van der Waals surface area (Å²) in [6, 6.07) is 11.5. The molecule has 7 nitrogen and oxygen atoms in total. The summed E-state index contributed by atoms with van der Waals surface area (Å²) in [4.78, 5) is 23.9. The summed E-state index contributed by atoms with van der Waals surface area (Å²) in [7, 11) is -3.98. The molecule has 2 aromatic rings. The molecule has 1 aliphatic carbocycles. The van der Waals surface area contributed by atoms with E-state index in [0.29, 0.717) is 0 Å². The number of carbonyl (C=O) groups excluding carboxylic acids is 2. The molecule has 1 unspecified atom stereocenters. The maximum Gasteiger partial charge on any atom is 0.321 e. The number of ether oxygens (including phenoxy) is 1. The Morgan fingerprint density at radius 1 is 1.10 bits per heavy atom. The molecule has 0 fully saturated rings. The van der Waals surface area contributed by atoms with E-state index >= 15 is 0 Å². The van der Waals surface area contributed by atoms with E-state index in [1.807, 2.05) is 24.3 Å². The molecule has 0 radical (unpaired) electrons. The molecule has 160 valence electrons. The van der Waals surface area contributed by atoms with Gasteiger partial charge in [0.1, 0.15) is 6.54 Å². The number of aryl methyl sites for hydroxylation is 1. The first-order valence-electron chi connectivity index (χ1n) is 9.24. The first-order valence-corrected chi connectivity index (χ1v) is 11.5. The van der Waals surface area contributed by atoms with Gasteiger partial charge < -0.3 is 10.1 Å². The molecule has 0 aliphatic heterocycles. The Morgan fingerprint density at radius 2 is 1.87 bits per heavy atom. The third-order valence-electron chi connectivity index (χ3n) is 4.68. The van der Waals surface area contributed by atoms with Crippen LogP contribution in [0, 0.1) is 0 Å². The zero-order valence-electron chi connectivity index (χ0n) is 15.9. The number of fused-ring (bicyclic) bond motifs is 1. The van der Waals surface area contributed by atoms with Crippen LogP contribution in [0.15, 0.2) is 47.4 Å². The molecule has 0 aromatic heterocycles. The van der Waals surface area contributed by atoms with Crippen LogP contribution in [0.2, 0.25) is 10.0 Å². The monoisotopic (exact) mass is 470 g/mol. The van der Waals surface area contributed by atoms with E-state index in [-0.39, 0.29) is 21.0 Å². The Hall–Kier alpha value is -2.13. The normalized spacial score (nSPS) is 15.9. The fraction of sp³-hybridized carbons (Fsp3) is 0.300. The van der Waals surface area contributed by atoms with Crippen molar-refractivity contribution in [3.05, 3.63) is 63.6 Å². The van der Waals surface area contributed by atoms with E-state index in [4.69, 9.17) is 27.9 Å². The lowest BCUT2D eigenvalue weighted by molar-refractivity contribution is -0.147. The van der Waals surface area contributed by atoms with Gasteiger partial charge in [-0.05, 0) is 48.6 Å². The summed E-state index contributed by atoms with van der Waals surface area (Å²) in [5, 5.41) is 3.14. The molecule has 0 saturated heterocycles. The van der Waals surface area contributed by atoms with Gasteiger partial charge in [-0.15, -0.1) is 0 Å². The van der Waals surface area contributed by atoms with Crippen LogP contribution in [0.1, 0.15) is 30.0 Å². The smallest absolute Gasteiger partial charge is 0.321 e. The third-order valence-corrected chi connectivity index (χ3v) is 6.81. The minimum Gasteiger partial charge on any atom is -0.455 e. The molecular formula is C20H20Cl2N2O5S. The first-order chi connectivity index (χ1) is 14.3. The molecule has 0 heterocycles. The molecule has 30 heavy (non-hydrogen) atoms. The van der Waals surface area contributed by atoms with Gasteiger partial charge in [-0.2, -0.15) is 4.72 Å². The molecule has 10 heteroatoms. The Morgan fingerprint density at radius 3 is 2.63 bits per heavy atom. The van der Waals surface area contributed by atoms with Crippen LogP contribution in [0.25, 0.3) is 0 Å². The van der Waals surface area contributed by atoms with Crippen molar-refractivity contribution < 1.29 is 22.7 Å². The van der Waals surface area contributed by atoms with Crippen LogP contribution in [0.5, 0.6) is 0 Å². The van der Waals surface area contributed by atoms with E-state index in [1.165, 1.54) is 23.8 Å². The van der Waals surface area contributed by atoms with Crippen LogP contribution < -0.4 is 10.0 Å². The molecule has 1 amide bonds. The molecule has 0 bridgehead atoms. The van der Waals surface area contributed by atoms with Crippen molar-refractivity contribution in [3.8, 4) is 0 Å². The lowest BCUT2D eigenvalue weighted by Crippen LogP contribution is -2.36. The van der Waals surface area contributed by atoms with Crippen molar-refractivity contribution in [2.75, 3.05) is 13.2 Å². The van der Waals surface area contributed by atoms with Crippen molar-refractivity contribution >= 4 is 45.1 Å². The molecule has 2 aromatic carbocycles. The third kappa shape index (κ3) is 5.72. The second kappa shape index (κ2) is 9.78. The lowest BCUT2D eigenvalue weighted by atomic mass is 9.88. The summed E-state index contributed by atoms with van der Waals surface area (Å²) >= 11 is 11.6. The van der Waals surface area contributed by atoms with Gasteiger partial charge in [0.15, 0.2) is 6.61 Å². The van der Waals surface area contributed by atoms with Gasteiger partial charge in [0, 0.05) is 0 Å². The Bertz CT molecular complexity index is 1060. The fourth-order valence-electron chi connectivity index (χ4n) is 3.22. The van der Waals surface area contributed by atoms with Crippen molar-refractivity contribution in [1.29, 1.82) is 0 Å². The molecule has 2 N–H and O–H groups in total. The van der Waals surface area contributed by atoms with Crippen LogP contribution in [-0.2, 0) is 30.8 Å². The number of halogens is 2. The Labute approximate surface area is 184 Å². The number of nitrogens with one attached hydrogen (secondary N) is 2. The molecule has 1 aliphatic rings. The average Bonchev–Trinajstić information content (AvgIpc) is 2.73. The highest BCUT2D eigenvalue weighted by atomic mass is 35.5. The molecule has 0 saturated carbocycles. The van der Waals surface area contributed by atoms with Crippen LogP contribution in [0.4, 0.5) is 0 Å². The summed E-state index contributed by atoms with van der Waals surface area (Å²) in [5.41, 5.74) is 2.26. The van der Waals surface area contributed by atoms with Gasteiger partial charge in [-0.3, -0.25) is 9.59 Å². The van der Waals surface area contributed by atoms with Crippen molar-refractivity contribution in [2.45, 2.75) is 30.2 Å². The van der Waals surface area contributed by atoms with Gasteiger partial charge >= 0.3 is 5.97 Å². The number of hydrogen-bond donors (Lipinski definition) is 2. The number of hydrogen-bond acceptors (Lipinski definition) is 5.